The fourth-order valence-electron chi connectivity index (χ4n) is 1.64. The molecule has 0 atom stereocenters. The molecule has 1 amide bonds. The Labute approximate surface area is 120 Å². The Kier molecular flexibility index (Phi) is 4.45. The van der Waals surface area contributed by atoms with Crippen LogP contribution in [0.5, 0.6) is 0 Å². The molecule has 2 heterocycles. The molecule has 0 saturated heterocycles. The second-order valence-corrected chi connectivity index (χ2v) is 4.66. The molecule has 2 aromatic rings. The summed E-state index contributed by atoms with van der Waals surface area (Å²) in [6, 6.07) is 5.13. The second kappa shape index (κ2) is 6.08. The van der Waals surface area contributed by atoms with Crippen molar-refractivity contribution in [3.05, 3.63) is 52.2 Å². The first kappa shape index (κ1) is 13.9. The van der Waals surface area contributed by atoms with Crippen molar-refractivity contribution in [2.45, 2.75) is 13.5 Å². The number of amides is 1. The molecule has 0 saturated carbocycles. The Balaban J connectivity index is 2.18. The van der Waals surface area contributed by atoms with Crippen molar-refractivity contribution >= 4 is 29.1 Å². The first-order chi connectivity index (χ1) is 9.11. The quantitative estimate of drug-likeness (QED) is 0.810. The molecule has 19 heavy (non-hydrogen) atoms. The molecule has 0 bridgehead atoms. The molecular formula is C13H12Cl2N2O2. The number of pyridine rings is 1. The minimum Gasteiger partial charge on any atom is -0.467 e. The summed E-state index contributed by atoms with van der Waals surface area (Å²) in [5, 5.41) is 0.453. The van der Waals surface area contributed by atoms with Crippen molar-refractivity contribution in [3.63, 3.8) is 0 Å². The Morgan fingerprint density at radius 3 is 2.84 bits per heavy atom. The number of hydrogen-bond donors (Lipinski definition) is 0. The summed E-state index contributed by atoms with van der Waals surface area (Å²) in [4.78, 5) is 17.8. The minimum atomic E-state index is -0.162. The molecule has 0 unspecified atom stereocenters. The predicted molar refractivity (Wildman–Crippen MR) is 73.4 cm³/mol. The summed E-state index contributed by atoms with van der Waals surface area (Å²) in [7, 11) is 0. The summed E-state index contributed by atoms with van der Waals surface area (Å²) in [6.07, 6.45) is 3.00. The monoisotopic (exact) mass is 298 g/mol. The first-order valence-electron chi connectivity index (χ1n) is 5.74. The molecule has 2 rings (SSSR count). The van der Waals surface area contributed by atoms with E-state index < -0.39 is 0 Å². The van der Waals surface area contributed by atoms with Gasteiger partial charge in [0.1, 0.15) is 10.9 Å². The van der Waals surface area contributed by atoms with Gasteiger partial charge >= 0.3 is 0 Å². The molecule has 0 aliphatic carbocycles. The molecule has 0 aliphatic rings. The Morgan fingerprint density at radius 2 is 2.26 bits per heavy atom. The topological polar surface area (TPSA) is 46.3 Å². The maximum atomic E-state index is 12.3. The van der Waals surface area contributed by atoms with Gasteiger partial charge in [0, 0.05) is 12.7 Å². The lowest BCUT2D eigenvalue weighted by atomic mass is 10.2. The van der Waals surface area contributed by atoms with Crippen molar-refractivity contribution in [2.24, 2.45) is 0 Å². The van der Waals surface area contributed by atoms with Gasteiger partial charge in [0.15, 0.2) is 0 Å². The van der Waals surface area contributed by atoms with Crippen LogP contribution in [0.2, 0.25) is 10.2 Å². The highest BCUT2D eigenvalue weighted by Crippen LogP contribution is 2.21. The number of carbonyl (C=O) groups excluding carboxylic acids is 1. The van der Waals surface area contributed by atoms with Crippen LogP contribution in [0.25, 0.3) is 0 Å². The molecule has 100 valence electrons. The van der Waals surface area contributed by atoms with Crippen LogP contribution in [-0.4, -0.2) is 22.3 Å². The highest BCUT2D eigenvalue weighted by atomic mass is 35.5. The highest BCUT2D eigenvalue weighted by Gasteiger charge is 2.17. The number of nitrogens with zero attached hydrogens (tertiary/aromatic N) is 2. The van der Waals surface area contributed by atoms with Gasteiger partial charge in [-0.15, -0.1) is 0 Å². The molecule has 0 aromatic carbocycles. The fraction of sp³-hybridized carbons (Fsp3) is 0.231. The summed E-state index contributed by atoms with van der Waals surface area (Å²) in [5.41, 5.74) is 0.405. The van der Waals surface area contributed by atoms with E-state index in [0.717, 1.165) is 5.76 Å². The van der Waals surface area contributed by atoms with Crippen LogP contribution in [0.4, 0.5) is 0 Å². The van der Waals surface area contributed by atoms with Gasteiger partial charge in [0.2, 0.25) is 0 Å². The first-order valence-corrected chi connectivity index (χ1v) is 6.50. The van der Waals surface area contributed by atoms with Gasteiger partial charge in [0.25, 0.3) is 5.91 Å². The molecule has 6 heteroatoms. The molecule has 0 radical (unpaired) electrons. The number of hydrogen-bond acceptors (Lipinski definition) is 3. The van der Waals surface area contributed by atoms with Gasteiger partial charge in [-0.1, -0.05) is 23.2 Å². The lowest BCUT2D eigenvalue weighted by molar-refractivity contribution is 0.0741. The molecule has 4 nitrogen and oxygen atoms in total. The van der Waals surface area contributed by atoms with Crippen LogP contribution >= 0.6 is 23.2 Å². The Hall–Kier alpha value is -1.52. The summed E-state index contributed by atoms with van der Waals surface area (Å²) in [5.74, 6) is 0.563. The molecule has 0 aliphatic heterocycles. The number of furan rings is 1. The maximum Gasteiger partial charge on any atom is 0.255 e. The number of aromatic nitrogens is 1. The van der Waals surface area contributed by atoms with E-state index in [9.17, 15) is 4.79 Å². The molecular weight excluding hydrogens is 287 g/mol. The Morgan fingerprint density at radius 1 is 1.47 bits per heavy atom. The van der Waals surface area contributed by atoms with E-state index in [1.165, 1.54) is 12.3 Å². The maximum absolute atomic E-state index is 12.3. The smallest absolute Gasteiger partial charge is 0.255 e. The fourth-order valence-corrected chi connectivity index (χ4v) is 1.91. The van der Waals surface area contributed by atoms with Crippen molar-refractivity contribution in [3.8, 4) is 0 Å². The molecule has 0 N–H and O–H groups in total. The number of halogens is 2. The van der Waals surface area contributed by atoms with Gasteiger partial charge < -0.3 is 9.32 Å². The van der Waals surface area contributed by atoms with Crippen molar-refractivity contribution in [1.29, 1.82) is 0 Å². The van der Waals surface area contributed by atoms with Crippen molar-refractivity contribution in [1.82, 2.24) is 9.88 Å². The van der Waals surface area contributed by atoms with Gasteiger partial charge in [-0.25, -0.2) is 4.98 Å². The third kappa shape index (κ3) is 3.28. The summed E-state index contributed by atoms with van der Waals surface area (Å²) >= 11 is 11.6. The summed E-state index contributed by atoms with van der Waals surface area (Å²) in [6.45, 7) is 2.86. The van der Waals surface area contributed by atoms with E-state index in [1.807, 2.05) is 13.0 Å². The normalized spacial score (nSPS) is 10.5. The lowest BCUT2D eigenvalue weighted by Crippen LogP contribution is -2.30. The zero-order chi connectivity index (χ0) is 13.8. The predicted octanol–water partition coefficient (Wildman–Crippen LogP) is 3.64. The molecule has 2 aromatic heterocycles. The molecule has 0 fully saturated rings. The second-order valence-electron chi connectivity index (χ2n) is 3.90. The van der Waals surface area contributed by atoms with E-state index >= 15 is 0 Å². The van der Waals surface area contributed by atoms with E-state index in [2.05, 4.69) is 4.98 Å². The minimum absolute atomic E-state index is 0.162. The Bertz CT molecular complexity index is 570. The van der Waals surface area contributed by atoms with Gasteiger partial charge in [0.05, 0.1) is 23.4 Å². The van der Waals surface area contributed by atoms with E-state index in [0.29, 0.717) is 18.7 Å². The zero-order valence-electron chi connectivity index (χ0n) is 10.3. The standard InChI is InChI=1S/C13H12Cl2N2O2/c1-2-17(8-10-4-3-5-19-10)13(18)9-6-11(14)12(15)16-7-9/h3-7H,2,8H2,1H3. The average Bonchev–Trinajstić information content (AvgIpc) is 2.91. The zero-order valence-corrected chi connectivity index (χ0v) is 11.8. The van der Waals surface area contributed by atoms with Crippen molar-refractivity contribution in [2.75, 3.05) is 6.54 Å². The highest BCUT2D eigenvalue weighted by molar-refractivity contribution is 6.41. The average molecular weight is 299 g/mol. The van der Waals surface area contributed by atoms with Crippen LogP contribution in [0.15, 0.2) is 35.1 Å². The van der Waals surface area contributed by atoms with Gasteiger partial charge in [-0.3, -0.25) is 4.79 Å². The third-order valence-electron chi connectivity index (χ3n) is 2.64. The third-order valence-corrected chi connectivity index (χ3v) is 3.33. The van der Waals surface area contributed by atoms with Crippen LogP contribution in [0, 0.1) is 0 Å². The van der Waals surface area contributed by atoms with Crippen LogP contribution in [-0.2, 0) is 6.54 Å². The van der Waals surface area contributed by atoms with E-state index in [4.69, 9.17) is 27.6 Å². The van der Waals surface area contributed by atoms with Gasteiger partial charge in [-0.2, -0.15) is 0 Å². The number of carbonyl (C=O) groups is 1. The SMILES string of the molecule is CCN(Cc1ccco1)C(=O)c1cnc(Cl)c(Cl)c1. The largest absolute Gasteiger partial charge is 0.467 e. The molecule has 0 spiro atoms. The van der Waals surface area contributed by atoms with Crippen molar-refractivity contribution < 1.29 is 9.21 Å². The van der Waals surface area contributed by atoms with Crippen LogP contribution < -0.4 is 0 Å². The van der Waals surface area contributed by atoms with E-state index in [-0.39, 0.29) is 16.1 Å². The van der Waals surface area contributed by atoms with Crippen LogP contribution in [0.3, 0.4) is 0 Å². The van der Waals surface area contributed by atoms with Crippen LogP contribution in [0.1, 0.15) is 23.0 Å². The summed E-state index contributed by atoms with van der Waals surface area (Å²) < 4.78 is 5.24. The van der Waals surface area contributed by atoms with Gasteiger partial charge in [-0.05, 0) is 25.1 Å². The number of rotatable bonds is 4. The lowest BCUT2D eigenvalue weighted by Gasteiger charge is -2.19. The van der Waals surface area contributed by atoms with E-state index in [1.54, 1.807) is 17.2 Å².